The van der Waals surface area contributed by atoms with Crippen LogP contribution in [-0.4, -0.2) is 13.8 Å². The molecule has 0 atom stereocenters. The Labute approximate surface area is 161 Å². The summed E-state index contributed by atoms with van der Waals surface area (Å²) in [4.78, 5) is 2.31. The lowest BCUT2D eigenvalue weighted by Crippen LogP contribution is -2.57. The summed E-state index contributed by atoms with van der Waals surface area (Å²) in [6.07, 6.45) is 0. The Kier molecular flexibility index (Phi) is 3.83. The van der Waals surface area contributed by atoms with Crippen molar-refractivity contribution in [2.24, 2.45) is 0 Å². The van der Waals surface area contributed by atoms with Crippen LogP contribution in [0.25, 0.3) is 11.1 Å². The molecule has 0 N–H and O–H groups in total. The Morgan fingerprint density at radius 2 is 1.00 bits per heavy atom. The molecule has 2 heteroatoms. The summed E-state index contributed by atoms with van der Waals surface area (Å²) in [6, 6.07) is 37.1. The fraction of sp³-hybridized carbons (Fsp3) is 0.0400. The van der Waals surface area contributed by atoms with Crippen molar-refractivity contribution in [3.8, 4) is 11.1 Å². The van der Waals surface area contributed by atoms with Crippen molar-refractivity contribution in [3.63, 3.8) is 0 Å². The van der Waals surface area contributed by atoms with Gasteiger partial charge in [0.1, 0.15) is 0 Å². The van der Waals surface area contributed by atoms with Gasteiger partial charge in [-0.05, 0) is 34.2 Å². The maximum absolute atomic E-state index is 2.31. The number of nitrogens with zero attached hydrogens (tertiary/aromatic N) is 1. The Morgan fingerprint density at radius 1 is 0.519 bits per heavy atom. The van der Waals surface area contributed by atoms with E-state index in [1.807, 2.05) is 0 Å². The average molecular weight is 345 g/mol. The van der Waals surface area contributed by atoms with E-state index in [4.69, 9.17) is 0 Å². The number of hydrogen-bond donors (Lipinski definition) is 0. The second kappa shape index (κ2) is 6.48. The topological polar surface area (TPSA) is 3.24 Å². The molecule has 0 saturated heterocycles. The molecule has 1 aliphatic heterocycles. The molecule has 128 valence electrons. The van der Waals surface area contributed by atoms with Crippen LogP contribution < -0.4 is 21.3 Å². The number of anilines is 2. The Hall–Kier alpha value is -3.26. The minimum absolute atomic E-state index is 0.227. The van der Waals surface area contributed by atoms with Crippen molar-refractivity contribution < 1.29 is 0 Å². The van der Waals surface area contributed by atoms with Crippen LogP contribution in [0.2, 0.25) is 0 Å². The van der Waals surface area contributed by atoms with Crippen LogP contribution >= 0.6 is 0 Å². The summed E-state index contributed by atoms with van der Waals surface area (Å²) in [5, 5.41) is 0. The summed E-state index contributed by atoms with van der Waals surface area (Å²) in [6.45, 7) is 0.227. The number of rotatable bonds is 2. The number of hydrogen-bond acceptors (Lipinski definition) is 1. The third kappa shape index (κ3) is 2.57. The standard InChI is InChI=1S/C25H20BN/c1-27-24-17-9-7-15-22(24)26(23-16-8-10-18-25(23)27)21-14-6-5-13-20(21)19-11-3-2-4-12-19/h2-18H,1H3. The third-order valence-electron chi connectivity index (χ3n) is 5.57. The normalized spacial score (nSPS) is 12.5. The minimum Gasteiger partial charge on any atom is -0.345 e. The van der Waals surface area contributed by atoms with E-state index in [1.54, 1.807) is 0 Å². The summed E-state index contributed by atoms with van der Waals surface area (Å²) in [7, 11) is 2.16. The van der Waals surface area contributed by atoms with Crippen molar-refractivity contribution >= 4 is 34.5 Å². The minimum atomic E-state index is 0.227. The van der Waals surface area contributed by atoms with Gasteiger partial charge in [0.2, 0.25) is 6.71 Å². The van der Waals surface area contributed by atoms with E-state index in [0.29, 0.717) is 0 Å². The van der Waals surface area contributed by atoms with Crippen LogP contribution in [0.4, 0.5) is 11.4 Å². The second-order valence-corrected chi connectivity index (χ2v) is 7.06. The predicted molar refractivity (Wildman–Crippen MR) is 117 cm³/mol. The third-order valence-corrected chi connectivity index (χ3v) is 5.57. The van der Waals surface area contributed by atoms with E-state index in [1.165, 1.54) is 38.9 Å². The zero-order valence-electron chi connectivity index (χ0n) is 15.3. The van der Waals surface area contributed by atoms with Crippen LogP contribution in [0.3, 0.4) is 0 Å². The number of benzene rings is 4. The molecule has 0 bridgehead atoms. The van der Waals surface area contributed by atoms with Gasteiger partial charge in [0, 0.05) is 18.4 Å². The first-order valence-electron chi connectivity index (χ1n) is 9.40. The van der Waals surface area contributed by atoms with Gasteiger partial charge in [-0.15, -0.1) is 0 Å². The highest BCUT2D eigenvalue weighted by molar-refractivity contribution is 6.98. The molecule has 4 aromatic carbocycles. The van der Waals surface area contributed by atoms with Gasteiger partial charge >= 0.3 is 0 Å². The molecular formula is C25H20BN. The lowest BCUT2D eigenvalue weighted by Gasteiger charge is -2.35. The lowest BCUT2D eigenvalue weighted by atomic mass is 9.34. The fourth-order valence-corrected chi connectivity index (χ4v) is 4.34. The number of fused-ring (bicyclic) bond motifs is 2. The van der Waals surface area contributed by atoms with Gasteiger partial charge in [-0.1, -0.05) is 96.5 Å². The highest BCUT2D eigenvalue weighted by Gasteiger charge is 2.33. The monoisotopic (exact) mass is 345 g/mol. The molecule has 0 spiro atoms. The molecule has 0 saturated carbocycles. The van der Waals surface area contributed by atoms with Gasteiger partial charge in [-0.25, -0.2) is 0 Å². The quantitative estimate of drug-likeness (QED) is 0.497. The summed E-state index contributed by atoms with van der Waals surface area (Å²) < 4.78 is 0. The molecule has 0 unspecified atom stereocenters. The highest BCUT2D eigenvalue weighted by Crippen LogP contribution is 2.27. The largest absolute Gasteiger partial charge is 0.345 e. The maximum atomic E-state index is 2.31. The van der Waals surface area contributed by atoms with Crippen molar-refractivity contribution in [2.75, 3.05) is 11.9 Å². The van der Waals surface area contributed by atoms with Gasteiger partial charge in [0.05, 0.1) is 0 Å². The van der Waals surface area contributed by atoms with Crippen LogP contribution in [0.1, 0.15) is 0 Å². The summed E-state index contributed by atoms with van der Waals surface area (Å²) >= 11 is 0. The SMILES string of the molecule is CN1c2ccccc2B(c2ccccc2-c2ccccc2)c2ccccc21. The van der Waals surface area contributed by atoms with Gasteiger partial charge in [-0.2, -0.15) is 0 Å². The van der Waals surface area contributed by atoms with E-state index in [-0.39, 0.29) is 6.71 Å². The molecular weight excluding hydrogens is 325 g/mol. The zero-order chi connectivity index (χ0) is 18.2. The molecule has 0 amide bonds. The zero-order valence-corrected chi connectivity index (χ0v) is 15.3. The smallest absolute Gasteiger partial charge is 0.247 e. The van der Waals surface area contributed by atoms with Crippen LogP contribution in [0, 0.1) is 0 Å². The van der Waals surface area contributed by atoms with E-state index >= 15 is 0 Å². The first-order valence-corrected chi connectivity index (χ1v) is 9.40. The van der Waals surface area contributed by atoms with Gasteiger partial charge < -0.3 is 4.90 Å². The number of para-hydroxylation sites is 2. The summed E-state index contributed by atoms with van der Waals surface area (Å²) in [5.74, 6) is 0. The Morgan fingerprint density at radius 3 is 1.63 bits per heavy atom. The first-order chi connectivity index (χ1) is 13.3. The first kappa shape index (κ1) is 16.0. The fourth-order valence-electron chi connectivity index (χ4n) is 4.34. The molecule has 4 aromatic rings. The molecule has 1 heterocycles. The second-order valence-electron chi connectivity index (χ2n) is 7.06. The molecule has 1 aliphatic rings. The van der Waals surface area contributed by atoms with E-state index < -0.39 is 0 Å². The van der Waals surface area contributed by atoms with E-state index in [0.717, 1.165) is 0 Å². The van der Waals surface area contributed by atoms with Crippen LogP contribution in [0.5, 0.6) is 0 Å². The lowest BCUT2D eigenvalue weighted by molar-refractivity contribution is 1.22. The molecule has 0 aromatic heterocycles. The maximum Gasteiger partial charge on any atom is 0.247 e. The van der Waals surface area contributed by atoms with E-state index in [9.17, 15) is 0 Å². The summed E-state index contributed by atoms with van der Waals surface area (Å²) in [5.41, 5.74) is 9.22. The molecule has 0 aliphatic carbocycles. The Bertz CT molecular complexity index is 1060. The van der Waals surface area contributed by atoms with Crippen molar-refractivity contribution in [1.29, 1.82) is 0 Å². The highest BCUT2D eigenvalue weighted by atomic mass is 15.1. The van der Waals surface area contributed by atoms with Gasteiger partial charge in [0.15, 0.2) is 0 Å². The van der Waals surface area contributed by atoms with Crippen LogP contribution in [-0.2, 0) is 0 Å². The van der Waals surface area contributed by atoms with Crippen LogP contribution in [0.15, 0.2) is 103 Å². The predicted octanol–water partition coefficient (Wildman–Crippen LogP) is 3.95. The molecule has 1 nitrogen and oxygen atoms in total. The average Bonchev–Trinajstić information content (AvgIpc) is 2.75. The Balaban J connectivity index is 1.80. The molecule has 27 heavy (non-hydrogen) atoms. The van der Waals surface area contributed by atoms with E-state index in [2.05, 4.69) is 115 Å². The van der Waals surface area contributed by atoms with Crippen molar-refractivity contribution in [2.45, 2.75) is 0 Å². The van der Waals surface area contributed by atoms with Gasteiger partial charge in [-0.3, -0.25) is 0 Å². The molecule has 0 fully saturated rings. The molecule has 5 rings (SSSR count). The van der Waals surface area contributed by atoms with Crippen molar-refractivity contribution in [3.05, 3.63) is 103 Å². The van der Waals surface area contributed by atoms with Gasteiger partial charge in [0.25, 0.3) is 0 Å². The molecule has 0 radical (unpaired) electrons. The van der Waals surface area contributed by atoms with Crippen molar-refractivity contribution in [1.82, 2.24) is 0 Å².